The van der Waals surface area contributed by atoms with Crippen molar-refractivity contribution >= 4 is 23.5 Å². The van der Waals surface area contributed by atoms with Crippen LogP contribution in [0.4, 0.5) is 4.48 Å². The van der Waals surface area contributed by atoms with Crippen molar-refractivity contribution in [3.05, 3.63) is 70.7 Å². The lowest BCUT2D eigenvalue weighted by Gasteiger charge is -2.27. The molecular weight excluding hydrogens is 413 g/mol. The minimum Gasteiger partial charge on any atom is -0.469 e. The Morgan fingerprint density at radius 3 is 2.30 bits per heavy atom. The van der Waals surface area contributed by atoms with E-state index in [1.54, 1.807) is 42.5 Å². The zero-order valence-corrected chi connectivity index (χ0v) is 17.6. The molecule has 1 unspecified atom stereocenters. The van der Waals surface area contributed by atoms with Gasteiger partial charge in [0, 0.05) is 17.1 Å². The van der Waals surface area contributed by atoms with E-state index in [-0.39, 0.29) is 25.4 Å². The molecule has 2 aromatic rings. The summed E-state index contributed by atoms with van der Waals surface area (Å²) in [4.78, 5) is 22.3. The summed E-state index contributed by atoms with van der Waals surface area (Å²) in [6, 6.07) is 15.9. The highest BCUT2D eigenvalue weighted by atomic mass is 35.5. The number of cyclic esters (lactones) is 1. The summed E-state index contributed by atoms with van der Waals surface area (Å²) in [5, 5.41) is 11.1. The summed E-state index contributed by atoms with van der Waals surface area (Å²) >= 11 is 5.74. The molecular formula is C22H25ClFNO5. The van der Waals surface area contributed by atoms with Gasteiger partial charge in [0.1, 0.15) is 5.60 Å². The summed E-state index contributed by atoms with van der Waals surface area (Å²) in [5.74, 6) is -0.674. The van der Waals surface area contributed by atoms with E-state index in [0.717, 1.165) is 5.56 Å². The molecule has 1 saturated heterocycles. The van der Waals surface area contributed by atoms with Crippen molar-refractivity contribution in [2.45, 2.75) is 37.4 Å². The standard InChI is InChI=1S/C12H16FNO3.C10H9ClO2/c1-17-11(15)9-12(16,7-8-14-13)10-5-3-2-4-6-10;1-2-10(9(12)13-10)7-3-5-8(11)6-4-7/h2-6,14,16H,7-9H2,1H3;3-6H,2H2,1H3/t;10-/m.0/s1. The number of hydrogen-bond acceptors (Lipinski definition) is 6. The number of rotatable bonds is 8. The molecule has 8 heteroatoms. The molecule has 0 spiro atoms. The fourth-order valence-corrected chi connectivity index (χ4v) is 3.22. The third kappa shape index (κ3) is 5.78. The van der Waals surface area contributed by atoms with Crippen LogP contribution in [0.15, 0.2) is 54.6 Å². The van der Waals surface area contributed by atoms with Crippen LogP contribution in [0.25, 0.3) is 0 Å². The van der Waals surface area contributed by atoms with Crippen LogP contribution in [-0.2, 0) is 30.3 Å². The van der Waals surface area contributed by atoms with E-state index in [1.807, 2.05) is 19.1 Å². The number of aliphatic hydroxyl groups is 1. The Morgan fingerprint density at radius 2 is 1.83 bits per heavy atom. The Morgan fingerprint density at radius 1 is 1.23 bits per heavy atom. The molecule has 0 radical (unpaired) electrons. The quantitative estimate of drug-likeness (QED) is 0.371. The predicted octanol–water partition coefficient (Wildman–Crippen LogP) is 3.80. The number of methoxy groups -OCH3 is 1. The van der Waals surface area contributed by atoms with E-state index in [1.165, 1.54) is 12.6 Å². The second-order valence-corrected chi connectivity index (χ2v) is 7.30. The zero-order chi connectivity index (χ0) is 22.2. The molecule has 30 heavy (non-hydrogen) atoms. The van der Waals surface area contributed by atoms with Crippen LogP contribution in [0.3, 0.4) is 0 Å². The molecule has 0 bridgehead atoms. The smallest absolute Gasteiger partial charge is 0.356 e. The number of halogens is 2. The third-order valence-corrected chi connectivity index (χ3v) is 5.22. The summed E-state index contributed by atoms with van der Waals surface area (Å²) in [6.45, 7) is 1.89. The molecule has 2 atom stereocenters. The Balaban J connectivity index is 0.000000220. The third-order valence-electron chi connectivity index (χ3n) is 4.97. The number of epoxide rings is 1. The lowest BCUT2D eigenvalue weighted by molar-refractivity contribution is -0.147. The second kappa shape index (κ2) is 10.5. The monoisotopic (exact) mass is 437 g/mol. The van der Waals surface area contributed by atoms with Crippen molar-refractivity contribution in [1.82, 2.24) is 5.54 Å². The fraction of sp³-hybridized carbons (Fsp3) is 0.364. The van der Waals surface area contributed by atoms with Gasteiger partial charge in [0.15, 0.2) is 0 Å². The summed E-state index contributed by atoms with van der Waals surface area (Å²) < 4.78 is 21.5. The molecule has 6 nitrogen and oxygen atoms in total. The van der Waals surface area contributed by atoms with Crippen LogP contribution in [0.2, 0.25) is 5.02 Å². The molecule has 0 aliphatic carbocycles. The number of esters is 1. The lowest BCUT2D eigenvalue weighted by Crippen LogP contribution is -2.32. The van der Waals surface area contributed by atoms with Crippen LogP contribution in [-0.4, -0.2) is 30.7 Å². The number of carbonyl (C=O) groups excluding carboxylic acids is 2. The largest absolute Gasteiger partial charge is 0.469 e. The predicted molar refractivity (Wildman–Crippen MR) is 110 cm³/mol. The van der Waals surface area contributed by atoms with Crippen LogP contribution in [0, 0.1) is 0 Å². The van der Waals surface area contributed by atoms with Gasteiger partial charge in [-0.15, -0.1) is 4.48 Å². The Hall–Kier alpha value is -2.48. The molecule has 0 saturated carbocycles. The fourth-order valence-electron chi connectivity index (χ4n) is 3.10. The Bertz CT molecular complexity index is 848. The van der Waals surface area contributed by atoms with Crippen molar-refractivity contribution in [3.8, 4) is 0 Å². The lowest BCUT2D eigenvalue weighted by atomic mass is 9.87. The van der Waals surface area contributed by atoms with Crippen molar-refractivity contribution in [2.75, 3.05) is 13.7 Å². The van der Waals surface area contributed by atoms with Gasteiger partial charge in [0.2, 0.25) is 5.60 Å². The van der Waals surface area contributed by atoms with Gasteiger partial charge >= 0.3 is 11.9 Å². The van der Waals surface area contributed by atoms with Gasteiger partial charge in [-0.05, 0) is 30.5 Å². The highest BCUT2D eigenvalue weighted by Gasteiger charge is 2.57. The van der Waals surface area contributed by atoms with Gasteiger partial charge in [0.25, 0.3) is 0 Å². The van der Waals surface area contributed by atoms with E-state index in [9.17, 15) is 19.2 Å². The topological polar surface area (TPSA) is 88.2 Å². The van der Waals surface area contributed by atoms with E-state index in [0.29, 0.717) is 17.0 Å². The first-order chi connectivity index (χ1) is 14.3. The van der Waals surface area contributed by atoms with Gasteiger partial charge in [-0.2, -0.15) is 5.54 Å². The molecule has 0 amide bonds. The van der Waals surface area contributed by atoms with Crippen molar-refractivity contribution < 1.29 is 28.7 Å². The van der Waals surface area contributed by atoms with Gasteiger partial charge in [-0.1, -0.05) is 61.0 Å². The maximum atomic E-state index is 12.0. The molecule has 1 heterocycles. The molecule has 2 N–H and O–H groups in total. The van der Waals surface area contributed by atoms with Crippen molar-refractivity contribution in [3.63, 3.8) is 0 Å². The molecule has 162 valence electrons. The van der Waals surface area contributed by atoms with E-state index in [4.69, 9.17) is 16.3 Å². The minimum atomic E-state index is -1.41. The highest BCUT2D eigenvalue weighted by molar-refractivity contribution is 6.30. The van der Waals surface area contributed by atoms with Crippen molar-refractivity contribution in [1.29, 1.82) is 0 Å². The first-order valence-electron chi connectivity index (χ1n) is 9.49. The van der Waals surface area contributed by atoms with Crippen molar-refractivity contribution in [2.24, 2.45) is 0 Å². The molecule has 1 fully saturated rings. The van der Waals surface area contributed by atoms with Gasteiger partial charge in [0.05, 0.1) is 13.5 Å². The van der Waals surface area contributed by atoms with Crippen LogP contribution >= 0.6 is 11.6 Å². The van der Waals surface area contributed by atoms with E-state index in [2.05, 4.69) is 4.74 Å². The molecule has 1 aliphatic heterocycles. The zero-order valence-electron chi connectivity index (χ0n) is 16.9. The van der Waals surface area contributed by atoms with Gasteiger partial charge in [-0.25, -0.2) is 4.79 Å². The summed E-state index contributed by atoms with van der Waals surface area (Å²) in [6.07, 6.45) is 0.561. The normalized spacial score (nSPS) is 19.0. The Labute approximate surface area is 179 Å². The van der Waals surface area contributed by atoms with Crippen LogP contribution < -0.4 is 5.54 Å². The maximum Gasteiger partial charge on any atom is 0.356 e. The average molecular weight is 438 g/mol. The number of hydrogen-bond donors (Lipinski definition) is 2. The highest BCUT2D eigenvalue weighted by Crippen LogP contribution is 2.43. The maximum absolute atomic E-state index is 12.0. The second-order valence-electron chi connectivity index (χ2n) is 6.86. The Kier molecular flexibility index (Phi) is 8.34. The number of nitrogens with one attached hydrogen (secondary N) is 1. The minimum absolute atomic E-state index is 0.0393. The van der Waals surface area contributed by atoms with Crippen LogP contribution in [0.1, 0.15) is 37.3 Å². The van der Waals surface area contributed by atoms with Gasteiger partial charge < -0.3 is 14.6 Å². The molecule has 0 aromatic heterocycles. The van der Waals surface area contributed by atoms with Gasteiger partial charge in [-0.3, -0.25) is 4.79 Å². The molecule has 3 rings (SSSR count). The SMILES string of the molecule is CC[C@@]1(c2ccc(Cl)cc2)OC1=O.COC(=O)CC(O)(CCNF)c1ccccc1. The first kappa shape index (κ1) is 23.8. The average Bonchev–Trinajstić information content (AvgIpc) is 3.44. The van der Waals surface area contributed by atoms with Crippen LogP contribution in [0.5, 0.6) is 0 Å². The molecule has 2 aromatic carbocycles. The molecule has 1 aliphatic rings. The summed E-state index contributed by atoms with van der Waals surface area (Å²) in [5.41, 5.74) is 0.864. The summed E-state index contributed by atoms with van der Waals surface area (Å²) in [7, 11) is 1.25. The first-order valence-corrected chi connectivity index (χ1v) is 9.87. The van der Waals surface area contributed by atoms with E-state index < -0.39 is 17.2 Å². The number of ether oxygens (including phenoxy) is 2. The number of carbonyl (C=O) groups is 2. The van der Waals surface area contributed by atoms with E-state index >= 15 is 0 Å². The number of benzene rings is 2.